The first-order valence-electron chi connectivity index (χ1n) is 5.59. The fourth-order valence-electron chi connectivity index (χ4n) is 1.56. The zero-order valence-corrected chi connectivity index (χ0v) is 10.3. The van der Waals surface area contributed by atoms with Gasteiger partial charge in [0.25, 0.3) is 0 Å². The van der Waals surface area contributed by atoms with E-state index in [1.165, 1.54) is 4.90 Å². The molecule has 0 aliphatic carbocycles. The molecule has 0 saturated heterocycles. The molecule has 0 bridgehead atoms. The summed E-state index contributed by atoms with van der Waals surface area (Å²) in [5.41, 5.74) is 1.08. The summed E-state index contributed by atoms with van der Waals surface area (Å²) < 4.78 is 0. The summed E-state index contributed by atoms with van der Waals surface area (Å²) in [6.45, 7) is 0. The minimum Gasteiger partial charge on any atom is -0.392 e. The van der Waals surface area contributed by atoms with Gasteiger partial charge in [-0.3, -0.25) is 4.98 Å². The summed E-state index contributed by atoms with van der Waals surface area (Å²) in [6.07, 6.45) is 3.88. The van der Waals surface area contributed by atoms with Gasteiger partial charge in [-0.05, 0) is 23.8 Å². The second-order valence-corrected chi connectivity index (χ2v) is 4.94. The number of hydrogen-bond donors (Lipinski definition) is 1. The average molecular weight is 245 g/mol. The van der Waals surface area contributed by atoms with Gasteiger partial charge in [0, 0.05) is 29.5 Å². The standard InChI is InChI=1S/C14H15NOS/c16-13(9-12-5-4-8-15-10-12)11-17-14-6-2-1-3-7-14/h1-8,10,13,16H,9,11H2. The molecule has 17 heavy (non-hydrogen) atoms. The van der Waals surface area contributed by atoms with Gasteiger partial charge in [0.1, 0.15) is 0 Å². The van der Waals surface area contributed by atoms with E-state index < -0.39 is 0 Å². The summed E-state index contributed by atoms with van der Waals surface area (Å²) in [5.74, 6) is 0.707. The number of pyridine rings is 1. The first-order valence-corrected chi connectivity index (χ1v) is 6.58. The Hall–Kier alpha value is -1.32. The van der Waals surface area contributed by atoms with Crippen molar-refractivity contribution in [2.75, 3.05) is 5.75 Å². The lowest BCUT2D eigenvalue weighted by molar-refractivity contribution is 0.200. The Balaban J connectivity index is 1.80. The van der Waals surface area contributed by atoms with Crippen molar-refractivity contribution in [3.8, 4) is 0 Å². The minimum atomic E-state index is -0.329. The Morgan fingerprint density at radius 2 is 1.94 bits per heavy atom. The Bertz CT molecular complexity index is 432. The van der Waals surface area contributed by atoms with Crippen molar-refractivity contribution >= 4 is 11.8 Å². The van der Waals surface area contributed by atoms with Crippen molar-refractivity contribution in [3.05, 3.63) is 60.4 Å². The molecule has 1 aromatic carbocycles. The number of aliphatic hydroxyl groups is 1. The monoisotopic (exact) mass is 245 g/mol. The Morgan fingerprint density at radius 3 is 2.65 bits per heavy atom. The maximum atomic E-state index is 9.92. The third kappa shape index (κ3) is 4.21. The lowest BCUT2D eigenvalue weighted by atomic mass is 10.1. The lowest BCUT2D eigenvalue weighted by Gasteiger charge is -2.09. The second-order valence-electron chi connectivity index (χ2n) is 3.84. The van der Waals surface area contributed by atoms with E-state index in [1.54, 1.807) is 24.2 Å². The summed E-state index contributed by atoms with van der Waals surface area (Å²) >= 11 is 1.68. The van der Waals surface area contributed by atoms with Crippen LogP contribution in [0.1, 0.15) is 5.56 Å². The van der Waals surface area contributed by atoms with E-state index in [0.717, 1.165) is 5.56 Å². The highest BCUT2D eigenvalue weighted by Gasteiger charge is 2.06. The fourth-order valence-corrected chi connectivity index (χ4v) is 2.41. The minimum absolute atomic E-state index is 0.329. The molecule has 0 spiro atoms. The van der Waals surface area contributed by atoms with Crippen molar-refractivity contribution < 1.29 is 5.11 Å². The van der Waals surface area contributed by atoms with Crippen LogP contribution in [0.2, 0.25) is 0 Å². The number of aromatic nitrogens is 1. The molecule has 88 valence electrons. The first-order chi connectivity index (χ1) is 8.34. The van der Waals surface area contributed by atoms with Crippen LogP contribution < -0.4 is 0 Å². The molecule has 0 fully saturated rings. The van der Waals surface area contributed by atoms with Gasteiger partial charge in [-0.15, -0.1) is 11.8 Å². The maximum Gasteiger partial charge on any atom is 0.0674 e. The highest BCUT2D eigenvalue weighted by Crippen LogP contribution is 2.18. The highest BCUT2D eigenvalue weighted by atomic mass is 32.2. The van der Waals surface area contributed by atoms with Crippen LogP contribution in [0.15, 0.2) is 59.8 Å². The van der Waals surface area contributed by atoms with Gasteiger partial charge in [-0.2, -0.15) is 0 Å². The molecular weight excluding hydrogens is 230 g/mol. The van der Waals surface area contributed by atoms with Crippen LogP contribution in [0, 0.1) is 0 Å². The fraction of sp³-hybridized carbons (Fsp3) is 0.214. The molecule has 0 aliphatic heterocycles. The molecule has 1 unspecified atom stereocenters. The van der Waals surface area contributed by atoms with Crippen LogP contribution in [-0.2, 0) is 6.42 Å². The molecule has 1 aromatic heterocycles. The van der Waals surface area contributed by atoms with Crippen LogP contribution in [0.5, 0.6) is 0 Å². The summed E-state index contributed by atoms with van der Waals surface area (Å²) in [5, 5.41) is 9.92. The van der Waals surface area contributed by atoms with Crippen molar-refractivity contribution in [3.63, 3.8) is 0 Å². The number of aliphatic hydroxyl groups excluding tert-OH is 1. The quantitative estimate of drug-likeness (QED) is 0.822. The average Bonchev–Trinajstić information content (AvgIpc) is 2.39. The normalized spacial score (nSPS) is 12.3. The molecule has 3 heteroatoms. The van der Waals surface area contributed by atoms with E-state index in [0.29, 0.717) is 12.2 Å². The molecule has 0 amide bonds. The summed E-state index contributed by atoms with van der Waals surface area (Å²) in [4.78, 5) is 5.23. The Morgan fingerprint density at radius 1 is 1.12 bits per heavy atom. The first kappa shape index (κ1) is 12.1. The predicted molar refractivity (Wildman–Crippen MR) is 71.1 cm³/mol. The van der Waals surface area contributed by atoms with Crippen LogP contribution in [0.4, 0.5) is 0 Å². The van der Waals surface area contributed by atoms with Crippen molar-refractivity contribution in [2.45, 2.75) is 17.4 Å². The van der Waals surface area contributed by atoms with E-state index >= 15 is 0 Å². The number of rotatable bonds is 5. The van der Waals surface area contributed by atoms with Gasteiger partial charge < -0.3 is 5.11 Å². The molecule has 0 aliphatic rings. The van der Waals surface area contributed by atoms with Gasteiger partial charge in [0.05, 0.1) is 6.10 Å². The molecule has 0 saturated carbocycles. The Kier molecular flexibility index (Phi) is 4.59. The van der Waals surface area contributed by atoms with E-state index in [9.17, 15) is 5.11 Å². The van der Waals surface area contributed by atoms with Gasteiger partial charge in [0.2, 0.25) is 0 Å². The SMILES string of the molecule is OC(CSc1ccccc1)Cc1cccnc1. The third-order valence-electron chi connectivity index (χ3n) is 2.38. The molecular formula is C14H15NOS. The van der Waals surface area contributed by atoms with Crippen molar-refractivity contribution in [2.24, 2.45) is 0 Å². The number of nitrogens with zero attached hydrogens (tertiary/aromatic N) is 1. The topological polar surface area (TPSA) is 33.1 Å². The largest absolute Gasteiger partial charge is 0.392 e. The number of benzene rings is 1. The van der Waals surface area contributed by atoms with E-state index in [4.69, 9.17) is 0 Å². The zero-order chi connectivity index (χ0) is 11.9. The van der Waals surface area contributed by atoms with Crippen LogP contribution in [0.25, 0.3) is 0 Å². The second kappa shape index (κ2) is 6.42. The third-order valence-corrected chi connectivity index (χ3v) is 3.54. The maximum absolute atomic E-state index is 9.92. The van der Waals surface area contributed by atoms with Crippen molar-refractivity contribution in [1.29, 1.82) is 0 Å². The molecule has 1 atom stereocenters. The highest BCUT2D eigenvalue weighted by molar-refractivity contribution is 7.99. The van der Waals surface area contributed by atoms with Crippen LogP contribution in [0.3, 0.4) is 0 Å². The van der Waals surface area contributed by atoms with E-state index in [1.807, 2.05) is 30.3 Å². The van der Waals surface area contributed by atoms with E-state index in [2.05, 4.69) is 17.1 Å². The molecule has 1 heterocycles. The van der Waals surface area contributed by atoms with Gasteiger partial charge in [-0.1, -0.05) is 24.3 Å². The van der Waals surface area contributed by atoms with E-state index in [-0.39, 0.29) is 6.10 Å². The Labute approximate surface area is 106 Å². The molecule has 1 N–H and O–H groups in total. The molecule has 0 radical (unpaired) electrons. The summed E-state index contributed by atoms with van der Waals surface area (Å²) in [7, 11) is 0. The molecule has 2 nitrogen and oxygen atoms in total. The van der Waals surface area contributed by atoms with Crippen molar-refractivity contribution in [1.82, 2.24) is 4.98 Å². The number of thioether (sulfide) groups is 1. The van der Waals surface area contributed by atoms with Crippen LogP contribution in [-0.4, -0.2) is 21.9 Å². The van der Waals surface area contributed by atoms with Gasteiger partial charge in [0.15, 0.2) is 0 Å². The van der Waals surface area contributed by atoms with Gasteiger partial charge >= 0.3 is 0 Å². The summed E-state index contributed by atoms with van der Waals surface area (Å²) in [6, 6.07) is 14.0. The number of hydrogen-bond acceptors (Lipinski definition) is 3. The molecule has 2 rings (SSSR count). The zero-order valence-electron chi connectivity index (χ0n) is 9.49. The van der Waals surface area contributed by atoms with Crippen LogP contribution >= 0.6 is 11.8 Å². The lowest BCUT2D eigenvalue weighted by Crippen LogP contribution is -2.13. The molecule has 2 aromatic rings. The predicted octanol–water partition coefficient (Wildman–Crippen LogP) is 2.78. The van der Waals surface area contributed by atoms with Gasteiger partial charge in [-0.25, -0.2) is 0 Å². The smallest absolute Gasteiger partial charge is 0.0674 e.